The third kappa shape index (κ3) is 4.07. The first-order valence-electron chi connectivity index (χ1n) is 7.67. The summed E-state index contributed by atoms with van der Waals surface area (Å²) in [6.07, 6.45) is 0.0312. The summed E-state index contributed by atoms with van der Waals surface area (Å²) < 4.78 is 12.2. The van der Waals surface area contributed by atoms with E-state index in [0.717, 1.165) is 23.1 Å². The van der Waals surface area contributed by atoms with Gasteiger partial charge in [-0.1, -0.05) is 28.1 Å². The summed E-state index contributed by atoms with van der Waals surface area (Å²) in [5.74, 6) is 0.193. The molecular weight excluding hydrogens is 348 g/mol. The molecule has 1 aromatic rings. The summed E-state index contributed by atoms with van der Waals surface area (Å²) in [4.78, 5) is 16.4. The minimum Gasteiger partial charge on any atom is -0.378 e. The molecule has 0 unspecified atom stereocenters. The zero-order valence-corrected chi connectivity index (χ0v) is 14.1. The van der Waals surface area contributed by atoms with Crippen molar-refractivity contribution in [1.29, 1.82) is 0 Å². The molecule has 1 atom stereocenters. The summed E-state index contributed by atoms with van der Waals surface area (Å²) >= 11 is 3.49. The van der Waals surface area contributed by atoms with Crippen LogP contribution in [-0.2, 0) is 14.3 Å². The van der Waals surface area contributed by atoms with Gasteiger partial charge in [0, 0.05) is 30.7 Å². The van der Waals surface area contributed by atoms with Crippen LogP contribution >= 0.6 is 15.9 Å². The van der Waals surface area contributed by atoms with Crippen LogP contribution in [0.3, 0.4) is 0 Å². The van der Waals surface area contributed by atoms with Gasteiger partial charge in [0.15, 0.2) is 0 Å². The highest BCUT2D eigenvalue weighted by Crippen LogP contribution is 2.24. The second kappa shape index (κ2) is 7.55. The molecule has 2 heterocycles. The molecule has 1 amide bonds. The minimum absolute atomic E-state index is 0.0312. The van der Waals surface area contributed by atoms with Crippen LogP contribution in [0.4, 0.5) is 0 Å². The van der Waals surface area contributed by atoms with Gasteiger partial charge < -0.3 is 14.4 Å². The first-order valence-corrected chi connectivity index (χ1v) is 8.46. The molecule has 22 heavy (non-hydrogen) atoms. The Morgan fingerprint density at radius 1 is 1.23 bits per heavy atom. The number of halogens is 1. The van der Waals surface area contributed by atoms with Crippen LogP contribution in [0, 0.1) is 0 Å². The highest BCUT2D eigenvalue weighted by molar-refractivity contribution is 9.10. The van der Waals surface area contributed by atoms with Crippen molar-refractivity contribution in [3.8, 4) is 0 Å². The lowest BCUT2D eigenvalue weighted by atomic mass is 10.1. The maximum absolute atomic E-state index is 12.3. The third-order valence-corrected chi connectivity index (χ3v) is 4.59. The Morgan fingerprint density at radius 3 is 2.82 bits per heavy atom. The molecule has 1 aromatic carbocycles. The van der Waals surface area contributed by atoms with Crippen molar-refractivity contribution in [2.45, 2.75) is 6.10 Å². The van der Waals surface area contributed by atoms with Crippen molar-refractivity contribution in [3.05, 3.63) is 34.3 Å². The highest BCUT2D eigenvalue weighted by atomic mass is 79.9. The molecule has 3 rings (SSSR count). The molecule has 2 fully saturated rings. The van der Waals surface area contributed by atoms with Gasteiger partial charge in [0.05, 0.1) is 32.5 Å². The van der Waals surface area contributed by atoms with Crippen LogP contribution in [0.25, 0.3) is 0 Å². The second-order valence-corrected chi connectivity index (χ2v) is 6.56. The Kier molecular flexibility index (Phi) is 5.46. The Hall–Kier alpha value is -0.950. The Bertz CT molecular complexity index is 520. The van der Waals surface area contributed by atoms with E-state index in [4.69, 9.17) is 9.47 Å². The lowest BCUT2D eigenvalue weighted by Crippen LogP contribution is -2.48. The zero-order valence-electron chi connectivity index (χ0n) is 12.5. The fourth-order valence-electron chi connectivity index (χ4n) is 2.86. The van der Waals surface area contributed by atoms with Crippen molar-refractivity contribution in [1.82, 2.24) is 9.80 Å². The van der Waals surface area contributed by atoms with E-state index in [9.17, 15) is 4.79 Å². The van der Waals surface area contributed by atoms with E-state index in [1.54, 1.807) is 0 Å². The van der Waals surface area contributed by atoms with Gasteiger partial charge in [-0.2, -0.15) is 0 Å². The molecule has 0 aliphatic carbocycles. The van der Waals surface area contributed by atoms with Gasteiger partial charge >= 0.3 is 0 Å². The molecule has 0 bridgehead atoms. The van der Waals surface area contributed by atoms with E-state index >= 15 is 0 Å². The molecule has 120 valence electrons. The number of nitrogens with zero attached hydrogens (tertiary/aromatic N) is 2. The number of carbonyl (C=O) groups excluding carboxylic acids is 1. The molecule has 0 aromatic heterocycles. The first kappa shape index (κ1) is 15.9. The summed E-state index contributed by atoms with van der Waals surface area (Å²) in [6, 6.07) is 8.17. The Labute approximate surface area is 139 Å². The van der Waals surface area contributed by atoms with E-state index in [1.165, 1.54) is 0 Å². The summed E-state index contributed by atoms with van der Waals surface area (Å²) in [6.45, 7) is 5.40. The van der Waals surface area contributed by atoms with Gasteiger partial charge in [-0.25, -0.2) is 0 Å². The molecule has 0 N–H and O–H groups in total. The number of rotatable bonds is 3. The predicted octanol–water partition coefficient (Wildman–Crippen LogP) is 1.68. The zero-order chi connectivity index (χ0) is 15.4. The van der Waals surface area contributed by atoms with E-state index in [1.807, 2.05) is 17.0 Å². The van der Waals surface area contributed by atoms with Crippen LogP contribution in [0.15, 0.2) is 28.7 Å². The maximum Gasteiger partial charge on any atom is 0.236 e. The second-order valence-electron chi connectivity index (χ2n) is 5.64. The summed E-state index contributed by atoms with van der Waals surface area (Å²) in [7, 11) is 0. The molecule has 0 saturated carbocycles. The highest BCUT2D eigenvalue weighted by Gasteiger charge is 2.25. The van der Waals surface area contributed by atoms with Crippen LogP contribution in [0.5, 0.6) is 0 Å². The predicted molar refractivity (Wildman–Crippen MR) is 86.7 cm³/mol. The van der Waals surface area contributed by atoms with Crippen molar-refractivity contribution >= 4 is 21.8 Å². The number of carbonyl (C=O) groups is 1. The quantitative estimate of drug-likeness (QED) is 0.813. The van der Waals surface area contributed by atoms with Gasteiger partial charge in [0.2, 0.25) is 5.91 Å². The lowest BCUT2D eigenvalue weighted by Gasteiger charge is -2.35. The third-order valence-electron chi connectivity index (χ3n) is 4.09. The SMILES string of the molecule is O=C(CN1CCO[C@H](c2cccc(Br)c2)C1)N1CCOCC1. The van der Waals surface area contributed by atoms with Crippen molar-refractivity contribution in [2.24, 2.45) is 0 Å². The van der Waals surface area contributed by atoms with Crippen LogP contribution < -0.4 is 0 Å². The van der Waals surface area contributed by atoms with Gasteiger partial charge in [0.1, 0.15) is 0 Å². The van der Waals surface area contributed by atoms with Crippen LogP contribution in [-0.4, -0.2) is 68.3 Å². The Balaban J connectivity index is 1.57. The number of ether oxygens (including phenoxy) is 2. The minimum atomic E-state index is 0.0312. The van der Waals surface area contributed by atoms with Crippen molar-refractivity contribution in [2.75, 3.05) is 52.5 Å². The van der Waals surface area contributed by atoms with Gasteiger partial charge in [-0.15, -0.1) is 0 Å². The number of amides is 1. The first-order chi connectivity index (χ1) is 10.7. The van der Waals surface area contributed by atoms with Crippen molar-refractivity contribution in [3.63, 3.8) is 0 Å². The van der Waals surface area contributed by atoms with E-state index < -0.39 is 0 Å². The molecule has 0 spiro atoms. The molecule has 2 aliphatic rings. The lowest BCUT2D eigenvalue weighted by molar-refractivity contribution is -0.138. The molecular formula is C16H21BrN2O3. The number of hydrogen-bond donors (Lipinski definition) is 0. The molecule has 0 radical (unpaired) electrons. The smallest absolute Gasteiger partial charge is 0.236 e. The maximum atomic E-state index is 12.3. The summed E-state index contributed by atoms with van der Waals surface area (Å²) in [5.41, 5.74) is 1.15. The molecule has 5 nitrogen and oxygen atoms in total. The number of benzene rings is 1. The van der Waals surface area contributed by atoms with Crippen molar-refractivity contribution < 1.29 is 14.3 Å². The van der Waals surface area contributed by atoms with Gasteiger partial charge in [-0.3, -0.25) is 9.69 Å². The summed E-state index contributed by atoms with van der Waals surface area (Å²) in [5, 5.41) is 0. The number of hydrogen-bond acceptors (Lipinski definition) is 4. The Morgan fingerprint density at radius 2 is 2.05 bits per heavy atom. The fraction of sp³-hybridized carbons (Fsp3) is 0.562. The molecule has 6 heteroatoms. The topological polar surface area (TPSA) is 42.0 Å². The normalized spacial score (nSPS) is 23.5. The van der Waals surface area contributed by atoms with Crippen LogP contribution in [0.2, 0.25) is 0 Å². The van der Waals surface area contributed by atoms with E-state index in [0.29, 0.717) is 39.5 Å². The molecule has 2 saturated heterocycles. The van der Waals surface area contributed by atoms with Gasteiger partial charge in [0.25, 0.3) is 0 Å². The van der Waals surface area contributed by atoms with Crippen LogP contribution in [0.1, 0.15) is 11.7 Å². The standard InChI is InChI=1S/C16H21BrN2O3/c17-14-3-1-2-13(10-14)15-11-18(4-9-22-15)12-16(20)19-5-7-21-8-6-19/h1-3,10,15H,4-9,11-12H2/t15-/m0/s1. The fourth-order valence-corrected chi connectivity index (χ4v) is 3.28. The largest absolute Gasteiger partial charge is 0.378 e. The monoisotopic (exact) mass is 368 g/mol. The van der Waals surface area contributed by atoms with Gasteiger partial charge in [-0.05, 0) is 17.7 Å². The average molecular weight is 369 g/mol. The molecule has 2 aliphatic heterocycles. The van der Waals surface area contributed by atoms with E-state index in [2.05, 4.69) is 33.0 Å². The number of morpholine rings is 2. The average Bonchev–Trinajstić information content (AvgIpc) is 2.56. The van der Waals surface area contributed by atoms with E-state index in [-0.39, 0.29) is 12.0 Å².